The molecule has 2 bridgehead atoms. The smallest absolute Gasteiger partial charge is 0.306 e. The van der Waals surface area contributed by atoms with E-state index in [2.05, 4.69) is 45.9 Å². The largest absolute Gasteiger partial charge is 0.458 e. The predicted octanol–water partition coefficient (Wildman–Crippen LogP) is 5.94. The lowest BCUT2D eigenvalue weighted by molar-refractivity contribution is -0.209. The first-order chi connectivity index (χ1) is 26.4. The third kappa shape index (κ3) is 4.20. The van der Waals surface area contributed by atoms with Gasteiger partial charge in [-0.2, -0.15) is 5.26 Å². The van der Waals surface area contributed by atoms with Gasteiger partial charge in [0.2, 0.25) is 0 Å². The first kappa shape index (κ1) is 37.0. The highest BCUT2D eigenvalue weighted by Gasteiger charge is 2.77. The fraction of sp³-hybridized carbons (Fsp3) is 0.761. The molecule has 4 N–H and O–H groups in total. The number of rotatable bonds is 0. The van der Waals surface area contributed by atoms with Gasteiger partial charge >= 0.3 is 11.9 Å². The number of nitriles is 1. The molecule has 2 saturated heterocycles. The molecule has 11 aliphatic rings. The van der Waals surface area contributed by atoms with Gasteiger partial charge in [0, 0.05) is 59.6 Å². The molecule has 0 aromatic carbocycles. The standard InChI is InChI=1S/C24H30N2O4.C22H28O4/c1-21-6-4-14(27)19-20(26)12(9-23(19,21)11-25)17-13-3-7-24(8-5-16(29)30-24)22(13,2)10-15(28)18(17)21;1-20-8-5-14(23)11-13(20)3-4-15-16-6-9-22(10-7-18(25)26-22)21(16,2)12-17(24)19(15)20/h12-13,15,17-18,28H,3-10,26H2,1-2H3;3-4,11,15-17,19,24H,5-10,12H2,1-2H3/t12?,13?,15-,17?,18?,21?,22?,23+,24-;15?,16?,17-,19?,20?,21?,22-/m11/s1. The Kier molecular flexibility index (Phi) is 7.58. The zero-order valence-corrected chi connectivity index (χ0v) is 33.4. The second kappa shape index (κ2) is 11.5. The van der Waals surface area contributed by atoms with Gasteiger partial charge in [-0.15, -0.1) is 0 Å². The molecule has 2 heterocycles. The van der Waals surface area contributed by atoms with E-state index in [4.69, 9.17) is 15.2 Å². The lowest BCUT2D eigenvalue weighted by atomic mass is 9.39. The molecule has 0 amide bonds. The number of Topliss-reactive ketones (excluding diaryl/α,β-unsaturated/α-hetero) is 1. The lowest BCUT2D eigenvalue weighted by Gasteiger charge is -2.64. The Hall–Kier alpha value is -3.29. The van der Waals surface area contributed by atoms with Crippen molar-refractivity contribution >= 4 is 23.5 Å². The maximum atomic E-state index is 12.9. The maximum absolute atomic E-state index is 12.9. The van der Waals surface area contributed by atoms with Crippen molar-refractivity contribution in [3.63, 3.8) is 0 Å². The van der Waals surface area contributed by atoms with Crippen molar-refractivity contribution in [2.45, 2.75) is 147 Å². The number of nitrogens with two attached hydrogens (primary N) is 1. The Morgan fingerprint density at radius 3 is 1.96 bits per heavy atom. The zero-order valence-electron chi connectivity index (χ0n) is 33.4. The number of fused-ring (bicyclic) bond motifs is 13. The Bertz CT molecular complexity index is 2000. The number of nitrogens with zero attached hydrogens (tertiary/aromatic N) is 1. The Morgan fingerprint density at radius 1 is 0.750 bits per heavy atom. The third-order valence-corrected chi connectivity index (χ3v) is 19.6. The maximum Gasteiger partial charge on any atom is 0.306 e. The molecule has 8 fully saturated rings. The van der Waals surface area contributed by atoms with Crippen molar-refractivity contribution in [3.8, 4) is 6.07 Å². The van der Waals surface area contributed by atoms with Gasteiger partial charge in [-0.05, 0) is 123 Å². The topological polar surface area (TPSA) is 177 Å². The van der Waals surface area contributed by atoms with Gasteiger partial charge < -0.3 is 25.4 Å². The number of aliphatic hydroxyl groups is 2. The van der Waals surface area contributed by atoms with Crippen LogP contribution < -0.4 is 5.73 Å². The number of carbonyl (C=O) groups excluding carboxylic acids is 4. The number of allylic oxidation sites excluding steroid dienone is 6. The number of hydrogen-bond donors (Lipinski definition) is 3. The molecule has 0 aromatic rings. The summed E-state index contributed by atoms with van der Waals surface area (Å²) in [5.74, 6) is 1.16. The molecular weight excluding hydrogens is 709 g/mol. The van der Waals surface area contributed by atoms with Crippen molar-refractivity contribution in [2.24, 2.45) is 74.2 Å². The second-order valence-corrected chi connectivity index (χ2v) is 21.2. The van der Waals surface area contributed by atoms with Crippen LogP contribution in [-0.2, 0) is 28.7 Å². The first-order valence-corrected chi connectivity index (χ1v) is 21.6. The van der Waals surface area contributed by atoms with Crippen LogP contribution in [0.15, 0.2) is 35.1 Å². The van der Waals surface area contributed by atoms with Crippen LogP contribution >= 0.6 is 0 Å². The van der Waals surface area contributed by atoms with E-state index in [-0.39, 0.29) is 80.9 Å². The van der Waals surface area contributed by atoms with E-state index in [0.29, 0.717) is 68.6 Å². The van der Waals surface area contributed by atoms with Crippen molar-refractivity contribution in [1.82, 2.24) is 0 Å². The van der Waals surface area contributed by atoms with Gasteiger partial charge in [0.1, 0.15) is 11.2 Å². The highest BCUT2D eigenvalue weighted by atomic mass is 16.6. The average Bonchev–Trinajstić information content (AvgIpc) is 3.93. The Labute approximate surface area is 329 Å². The Morgan fingerprint density at radius 2 is 1.36 bits per heavy atom. The number of ketones is 2. The number of ether oxygens (including phenoxy) is 2. The van der Waals surface area contributed by atoms with E-state index < -0.39 is 28.6 Å². The van der Waals surface area contributed by atoms with Crippen LogP contribution in [0.5, 0.6) is 0 Å². The molecule has 0 aromatic heterocycles. The summed E-state index contributed by atoms with van der Waals surface area (Å²) >= 11 is 0. The van der Waals surface area contributed by atoms with E-state index in [0.717, 1.165) is 50.5 Å². The van der Waals surface area contributed by atoms with Gasteiger partial charge in [0.15, 0.2) is 11.6 Å². The molecule has 11 rings (SSSR count). The summed E-state index contributed by atoms with van der Waals surface area (Å²) in [4.78, 5) is 48.8. The fourth-order valence-corrected chi connectivity index (χ4v) is 17.0. The number of carbonyl (C=O) groups is 4. The summed E-state index contributed by atoms with van der Waals surface area (Å²) in [6.07, 6.45) is 15.7. The molecule has 10 heteroatoms. The van der Waals surface area contributed by atoms with Gasteiger partial charge in [-0.25, -0.2) is 0 Å². The van der Waals surface area contributed by atoms with Crippen LogP contribution in [0, 0.1) is 79.8 Å². The van der Waals surface area contributed by atoms with Crippen LogP contribution in [0.25, 0.3) is 0 Å². The lowest BCUT2D eigenvalue weighted by Crippen LogP contribution is -2.64. The number of hydrogen-bond acceptors (Lipinski definition) is 10. The van der Waals surface area contributed by atoms with Crippen LogP contribution in [0.3, 0.4) is 0 Å². The van der Waals surface area contributed by atoms with E-state index in [1.54, 1.807) is 6.08 Å². The summed E-state index contributed by atoms with van der Waals surface area (Å²) < 4.78 is 11.9. The highest BCUT2D eigenvalue weighted by Crippen LogP contribution is 2.77. The third-order valence-electron chi connectivity index (χ3n) is 19.6. The summed E-state index contributed by atoms with van der Waals surface area (Å²) in [5.41, 5.74) is 6.15. The normalized spacial score (nSPS) is 54.3. The molecule has 10 nitrogen and oxygen atoms in total. The van der Waals surface area contributed by atoms with E-state index in [1.165, 1.54) is 0 Å². The molecular formula is C46H58N2O8. The second-order valence-electron chi connectivity index (χ2n) is 21.2. The van der Waals surface area contributed by atoms with Crippen molar-refractivity contribution in [2.75, 3.05) is 0 Å². The van der Waals surface area contributed by atoms with Crippen molar-refractivity contribution < 1.29 is 38.9 Å². The van der Waals surface area contributed by atoms with E-state index in [9.17, 15) is 34.7 Å². The number of esters is 2. The first-order valence-electron chi connectivity index (χ1n) is 21.6. The quantitative estimate of drug-likeness (QED) is 0.250. The van der Waals surface area contributed by atoms with Gasteiger partial charge in [-0.3, -0.25) is 19.2 Å². The van der Waals surface area contributed by atoms with Gasteiger partial charge in [0.05, 0.1) is 23.7 Å². The molecule has 6 saturated carbocycles. The molecule has 0 radical (unpaired) electrons. The van der Waals surface area contributed by atoms with Gasteiger partial charge in [0.25, 0.3) is 0 Å². The van der Waals surface area contributed by atoms with E-state index in [1.807, 2.05) is 0 Å². The fourth-order valence-electron chi connectivity index (χ4n) is 17.0. The molecule has 300 valence electrons. The molecule has 2 aliphatic heterocycles. The van der Waals surface area contributed by atoms with Crippen LogP contribution in [0.1, 0.15) is 124 Å². The average molecular weight is 767 g/mol. The van der Waals surface area contributed by atoms with Crippen LogP contribution in [-0.4, -0.2) is 57.1 Å². The van der Waals surface area contributed by atoms with Crippen molar-refractivity contribution in [1.29, 1.82) is 5.26 Å². The SMILES string of the molecule is CC12CCC(=O)C=C1C=CC1C2[C@H](O)CC2(C)C1CC[C@@]21CCC(=O)O1.CC12C[C@@H](O)C3C(C4C[C@]5(C#N)C(=C4N)C(=O)CCC35C)C1CC[C@@]21CCC(=O)O1. The van der Waals surface area contributed by atoms with Crippen LogP contribution in [0.2, 0.25) is 0 Å². The highest BCUT2D eigenvalue weighted by molar-refractivity contribution is 6.00. The molecule has 11 unspecified atom stereocenters. The predicted molar refractivity (Wildman–Crippen MR) is 202 cm³/mol. The minimum atomic E-state index is -0.872. The summed E-state index contributed by atoms with van der Waals surface area (Å²) in [5, 5.41) is 33.3. The van der Waals surface area contributed by atoms with Gasteiger partial charge in [-0.1, -0.05) is 39.8 Å². The molecule has 9 aliphatic carbocycles. The molecule has 2 spiro atoms. The summed E-state index contributed by atoms with van der Waals surface area (Å²) in [7, 11) is 0. The van der Waals surface area contributed by atoms with Crippen molar-refractivity contribution in [3.05, 3.63) is 35.1 Å². The van der Waals surface area contributed by atoms with Crippen LogP contribution in [0.4, 0.5) is 0 Å². The summed E-state index contributed by atoms with van der Waals surface area (Å²) in [6.45, 7) is 8.81. The summed E-state index contributed by atoms with van der Waals surface area (Å²) in [6, 6.07) is 2.55. The van der Waals surface area contributed by atoms with E-state index >= 15 is 0 Å². The zero-order chi connectivity index (χ0) is 39.6. The molecule has 16 atom stereocenters. The monoisotopic (exact) mass is 766 g/mol. The number of aliphatic hydroxyl groups excluding tert-OH is 2. The Balaban J connectivity index is 0.000000139. The minimum absolute atomic E-state index is 0.0255. The molecule has 56 heavy (non-hydrogen) atoms. The minimum Gasteiger partial charge on any atom is -0.458 e.